The molecule has 1 aliphatic heterocycles. The van der Waals surface area contributed by atoms with Crippen LogP contribution >= 0.6 is 11.3 Å². The van der Waals surface area contributed by atoms with Gasteiger partial charge in [0, 0.05) is 6.04 Å². The average molecular weight is 381 g/mol. The standard InChI is InChI=1S/C18H19N7OS/c1-10-7-13(23-25-8-11(2)21-16(10)25)17-22-15-14(27-17)18(26)24(9-20-15)12-3-5-19-6-4-12/h7-9,12,19H,3-6H2,1-2H3. The van der Waals surface area contributed by atoms with Gasteiger partial charge in [0.15, 0.2) is 11.3 Å². The van der Waals surface area contributed by atoms with Crippen LogP contribution in [-0.2, 0) is 0 Å². The fourth-order valence-corrected chi connectivity index (χ4v) is 4.54. The van der Waals surface area contributed by atoms with Gasteiger partial charge >= 0.3 is 0 Å². The molecule has 0 atom stereocenters. The van der Waals surface area contributed by atoms with Crippen molar-refractivity contribution in [3.8, 4) is 10.7 Å². The van der Waals surface area contributed by atoms with Crippen molar-refractivity contribution < 1.29 is 0 Å². The summed E-state index contributed by atoms with van der Waals surface area (Å²) in [4.78, 5) is 26.5. The predicted molar refractivity (Wildman–Crippen MR) is 104 cm³/mol. The van der Waals surface area contributed by atoms with Crippen LogP contribution in [0.5, 0.6) is 0 Å². The Morgan fingerprint density at radius 3 is 2.85 bits per heavy atom. The Morgan fingerprint density at radius 1 is 1.22 bits per heavy atom. The lowest BCUT2D eigenvalue weighted by molar-refractivity contribution is 0.359. The quantitative estimate of drug-likeness (QED) is 0.572. The minimum atomic E-state index is -0.00748. The van der Waals surface area contributed by atoms with Gasteiger partial charge in [0.1, 0.15) is 21.7 Å². The normalized spacial score (nSPS) is 15.8. The zero-order valence-electron chi connectivity index (χ0n) is 15.1. The van der Waals surface area contributed by atoms with Crippen molar-refractivity contribution in [1.29, 1.82) is 0 Å². The molecule has 1 aliphatic rings. The number of hydrogen-bond donors (Lipinski definition) is 1. The lowest BCUT2D eigenvalue weighted by atomic mass is 10.1. The number of rotatable bonds is 2. The molecule has 4 aromatic rings. The molecule has 8 nitrogen and oxygen atoms in total. The van der Waals surface area contributed by atoms with E-state index in [4.69, 9.17) is 0 Å². The third-order valence-corrected chi connectivity index (χ3v) is 6.05. The van der Waals surface area contributed by atoms with Gasteiger partial charge in [0.25, 0.3) is 5.56 Å². The highest BCUT2D eigenvalue weighted by molar-refractivity contribution is 7.21. The Kier molecular flexibility index (Phi) is 3.80. The number of aromatic nitrogens is 6. The maximum Gasteiger partial charge on any atom is 0.273 e. The molecule has 5 heterocycles. The molecule has 4 aromatic heterocycles. The lowest BCUT2D eigenvalue weighted by Gasteiger charge is -2.24. The summed E-state index contributed by atoms with van der Waals surface area (Å²) in [6.07, 6.45) is 5.42. The van der Waals surface area contributed by atoms with Crippen LogP contribution < -0.4 is 10.9 Å². The maximum absolute atomic E-state index is 13.0. The first-order valence-electron chi connectivity index (χ1n) is 9.02. The molecular weight excluding hydrogens is 362 g/mol. The van der Waals surface area contributed by atoms with E-state index >= 15 is 0 Å². The third kappa shape index (κ3) is 2.74. The van der Waals surface area contributed by atoms with Crippen molar-refractivity contribution in [3.63, 3.8) is 0 Å². The Bertz CT molecular complexity index is 1220. The minimum absolute atomic E-state index is 0.00748. The number of thiazole rings is 1. The maximum atomic E-state index is 13.0. The second-order valence-corrected chi connectivity index (χ2v) is 7.97. The van der Waals surface area contributed by atoms with E-state index in [1.165, 1.54) is 11.3 Å². The Hall–Kier alpha value is -2.65. The van der Waals surface area contributed by atoms with Gasteiger partial charge in [0.05, 0.1) is 11.9 Å². The van der Waals surface area contributed by atoms with Crippen LogP contribution in [0, 0.1) is 13.8 Å². The first-order chi connectivity index (χ1) is 13.1. The molecule has 0 saturated carbocycles. The van der Waals surface area contributed by atoms with Crippen LogP contribution in [0.2, 0.25) is 0 Å². The van der Waals surface area contributed by atoms with Crippen LogP contribution in [-0.4, -0.2) is 42.2 Å². The molecular formula is C18H19N7OS. The molecule has 1 saturated heterocycles. The summed E-state index contributed by atoms with van der Waals surface area (Å²) >= 11 is 1.36. The number of imidazole rings is 1. The van der Waals surface area contributed by atoms with Crippen molar-refractivity contribution in [3.05, 3.63) is 40.2 Å². The lowest BCUT2D eigenvalue weighted by Crippen LogP contribution is -2.34. The van der Waals surface area contributed by atoms with Crippen LogP contribution in [0.4, 0.5) is 0 Å². The average Bonchev–Trinajstić information content (AvgIpc) is 3.26. The molecule has 0 aliphatic carbocycles. The molecule has 138 valence electrons. The molecule has 1 N–H and O–H groups in total. The molecule has 0 unspecified atom stereocenters. The summed E-state index contributed by atoms with van der Waals surface area (Å²) in [6.45, 7) is 5.80. The van der Waals surface area contributed by atoms with Gasteiger partial charge in [0.2, 0.25) is 0 Å². The van der Waals surface area contributed by atoms with E-state index in [0.717, 1.165) is 48.5 Å². The highest BCUT2D eigenvalue weighted by Crippen LogP contribution is 2.28. The van der Waals surface area contributed by atoms with E-state index in [-0.39, 0.29) is 11.6 Å². The number of nitrogens with one attached hydrogen (secondary N) is 1. The van der Waals surface area contributed by atoms with Crippen LogP contribution in [0.25, 0.3) is 26.7 Å². The van der Waals surface area contributed by atoms with E-state index in [9.17, 15) is 4.79 Å². The fraction of sp³-hybridized carbons (Fsp3) is 0.389. The molecule has 0 amide bonds. The molecule has 0 spiro atoms. The fourth-order valence-electron chi connectivity index (χ4n) is 3.63. The molecule has 0 radical (unpaired) electrons. The molecule has 1 fully saturated rings. The van der Waals surface area contributed by atoms with E-state index in [0.29, 0.717) is 15.4 Å². The predicted octanol–water partition coefficient (Wildman–Crippen LogP) is 2.10. The summed E-state index contributed by atoms with van der Waals surface area (Å²) in [5.74, 6) is 0. The van der Waals surface area contributed by atoms with Gasteiger partial charge in [-0.05, 0) is 51.4 Å². The molecule has 9 heteroatoms. The van der Waals surface area contributed by atoms with Crippen molar-refractivity contribution in [2.75, 3.05) is 13.1 Å². The first-order valence-corrected chi connectivity index (χ1v) is 9.84. The summed E-state index contributed by atoms with van der Waals surface area (Å²) in [7, 11) is 0. The van der Waals surface area contributed by atoms with Crippen molar-refractivity contribution >= 4 is 27.3 Å². The Balaban J connectivity index is 1.62. The summed E-state index contributed by atoms with van der Waals surface area (Å²) in [6, 6.07) is 2.16. The molecule has 5 rings (SSSR count). The number of nitrogens with zero attached hydrogens (tertiary/aromatic N) is 6. The second kappa shape index (κ2) is 6.21. The van der Waals surface area contributed by atoms with E-state index in [1.54, 1.807) is 15.4 Å². The van der Waals surface area contributed by atoms with Gasteiger partial charge in [-0.2, -0.15) is 5.10 Å². The van der Waals surface area contributed by atoms with E-state index in [1.807, 2.05) is 26.1 Å². The summed E-state index contributed by atoms with van der Waals surface area (Å²) < 4.78 is 4.13. The van der Waals surface area contributed by atoms with E-state index < -0.39 is 0 Å². The SMILES string of the molecule is Cc1cn2nc(-c3nc4ncn(C5CCNCC5)c(=O)c4s3)cc(C)c2n1. The molecule has 27 heavy (non-hydrogen) atoms. The van der Waals surface area contributed by atoms with Gasteiger partial charge in [-0.1, -0.05) is 0 Å². The van der Waals surface area contributed by atoms with Gasteiger partial charge in [-0.15, -0.1) is 11.3 Å². The monoisotopic (exact) mass is 381 g/mol. The van der Waals surface area contributed by atoms with Crippen molar-refractivity contribution in [2.24, 2.45) is 0 Å². The number of aryl methyl sites for hydroxylation is 2. The second-order valence-electron chi connectivity index (χ2n) is 6.97. The smallest absolute Gasteiger partial charge is 0.273 e. The van der Waals surface area contributed by atoms with Crippen LogP contribution in [0.3, 0.4) is 0 Å². The zero-order valence-corrected chi connectivity index (χ0v) is 16.0. The van der Waals surface area contributed by atoms with E-state index in [2.05, 4.69) is 25.4 Å². The summed E-state index contributed by atoms with van der Waals surface area (Å²) in [5.41, 5.74) is 3.99. The van der Waals surface area contributed by atoms with Crippen molar-refractivity contribution in [2.45, 2.75) is 32.7 Å². The summed E-state index contributed by atoms with van der Waals surface area (Å²) in [5, 5.41) is 8.65. The van der Waals surface area contributed by atoms with Gasteiger partial charge in [-0.3, -0.25) is 9.36 Å². The topological polar surface area (TPSA) is 90.0 Å². The Labute approximate surface area is 158 Å². The molecule has 0 aromatic carbocycles. The number of fused-ring (bicyclic) bond motifs is 2. The van der Waals surface area contributed by atoms with Crippen molar-refractivity contribution in [1.82, 2.24) is 34.4 Å². The highest BCUT2D eigenvalue weighted by Gasteiger charge is 2.20. The third-order valence-electron chi connectivity index (χ3n) is 4.99. The zero-order chi connectivity index (χ0) is 18.5. The van der Waals surface area contributed by atoms with Crippen LogP contribution in [0.1, 0.15) is 30.1 Å². The number of hydrogen-bond acceptors (Lipinski definition) is 7. The minimum Gasteiger partial charge on any atom is -0.317 e. The highest BCUT2D eigenvalue weighted by atomic mass is 32.1. The molecule has 0 bridgehead atoms. The first kappa shape index (κ1) is 16.5. The largest absolute Gasteiger partial charge is 0.317 e. The van der Waals surface area contributed by atoms with Crippen LogP contribution in [0.15, 0.2) is 23.4 Å². The van der Waals surface area contributed by atoms with Gasteiger partial charge < -0.3 is 5.32 Å². The Morgan fingerprint density at radius 2 is 2.04 bits per heavy atom. The van der Waals surface area contributed by atoms with Gasteiger partial charge in [-0.25, -0.2) is 19.5 Å². The number of piperidine rings is 1.